The molecule has 0 bridgehead atoms. The Bertz CT molecular complexity index is 1200. The number of halogens is 1. The average molecular weight is 421 g/mol. The maximum absolute atomic E-state index is 12.8. The van der Waals surface area contributed by atoms with Crippen molar-refractivity contribution < 1.29 is 9.53 Å². The van der Waals surface area contributed by atoms with Gasteiger partial charge in [0, 0.05) is 35.1 Å². The number of methoxy groups -OCH3 is 1. The van der Waals surface area contributed by atoms with Crippen molar-refractivity contribution in [1.82, 2.24) is 20.1 Å². The van der Waals surface area contributed by atoms with Crippen molar-refractivity contribution in [3.63, 3.8) is 0 Å². The first-order valence-corrected chi connectivity index (χ1v) is 9.93. The molecule has 1 N–H and O–H groups in total. The molecular formula is C23H21ClN4O2. The van der Waals surface area contributed by atoms with E-state index in [2.05, 4.69) is 15.4 Å². The van der Waals surface area contributed by atoms with E-state index < -0.39 is 0 Å². The van der Waals surface area contributed by atoms with Crippen molar-refractivity contribution >= 4 is 28.5 Å². The van der Waals surface area contributed by atoms with Gasteiger partial charge in [-0.25, -0.2) is 4.98 Å². The Morgan fingerprint density at radius 2 is 1.90 bits per heavy atom. The quantitative estimate of drug-likeness (QED) is 0.505. The monoisotopic (exact) mass is 420 g/mol. The van der Waals surface area contributed by atoms with Crippen LogP contribution in [0.15, 0.2) is 60.8 Å². The van der Waals surface area contributed by atoms with Crippen LogP contribution in [0.5, 0.6) is 5.75 Å². The molecule has 0 aliphatic heterocycles. The summed E-state index contributed by atoms with van der Waals surface area (Å²) < 4.78 is 7.19. The van der Waals surface area contributed by atoms with Crippen molar-refractivity contribution in [2.24, 2.45) is 7.05 Å². The third kappa shape index (κ3) is 4.00. The van der Waals surface area contributed by atoms with Gasteiger partial charge in [0.25, 0.3) is 5.91 Å². The highest BCUT2D eigenvalue weighted by molar-refractivity contribution is 6.30. The van der Waals surface area contributed by atoms with Gasteiger partial charge in [0.1, 0.15) is 11.4 Å². The van der Waals surface area contributed by atoms with Crippen molar-refractivity contribution in [3.05, 3.63) is 77.1 Å². The number of amides is 1. The lowest BCUT2D eigenvalue weighted by Gasteiger charge is -2.11. The molecule has 2 aromatic carbocycles. The van der Waals surface area contributed by atoms with Gasteiger partial charge in [0.15, 0.2) is 5.65 Å². The van der Waals surface area contributed by atoms with Gasteiger partial charge in [-0.2, -0.15) is 5.10 Å². The van der Waals surface area contributed by atoms with Crippen LogP contribution in [-0.4, -0.2) is 34.3 Å². The number of nitrogens with one attached hydrogen (secondary N) is 1. The molecule has 0 fully saturated rings. The Morgan fingerprint density at radius 3 is 2.67 bits per heavy atom. The molecule has 7 heteroatoms. The minimum atomic E-state index is -0.233. The van der Waals surface area contributed by atoms with Gasteiger partial charge in [-0.3, -0.25) is 9.48 Å². The van der Waals surface area contributed by atoms with Crippen LogP contribution in [0.4, 0.5) is 0 Å². The lowest BCUT2D eigenvalue weighted by Crippen LogP contribution is -2.26. The van der Waals surface area contributed by atoms with Crippen LogP contribution >= 0.6 is 11.6 Å². The van der Waals surface area contributed by atoms with Crippen LogP contribution in [0.3, 0.4) is 0 Å². The molecule has 0 atom stereocenters. The van der Waals surface area contributed by atoms with Gasteiger partial charge < -0.3 is 10.1 Å². The number of para-hydroxylation sites is 1. The second-order valence-corrected chi connectivity index (χ2v) is 7.33. The molecule has 0 unspecified atom stereocenters. The van der Waals surface area contributed by atoms with E-state index >= 15 is 0 Å². The summed E-state index contributed by atoms with van der Waals surface area (Å²) in [4.78, 5) is 17.4. The van der Waals surface area contributed by atoms with E-state index in [0.717, 1.165) is 27.8 Å². The van der Waals surface area contributed by atoms with Gasteiger partial charge >= 0.3 is 0 Å². The van der Waals surface area contributed by atoms with Crippen LogP contribution in [0.25, 0.3) is 22.2 Å². The molecule has 0 aliphatic rings. The molecule has 2 heterocycles. The summed E-state index contributed by atoms with van der Waals surface area (Å²) in [5.41, 5.74) is 3.82. The van der Waals surface area contributed by atoms with Gasteiger partial charge in [-0.05, 0) is 36.2 Å². The van der Waals surface area contributed by atoms with E-state index in [1.165, 1.54) is 0 Å². The summed E-state index contributed by atoms with van der Waals surface area (Å²) in [7, 11) is 3.44. The third-order valence-electron chi connectivity index (χ3n) is 4.95. The van der Waals surface area contributed by atoms with Crippen LogP contribution in [-0.2, 0) is 13.5 Å². The predicted octanol–water partition coefficient (Wildman–Crippen LogP) is 4.27. The average Bonchev–Trinajstić information content (AvgIpc) is 3.15. The second kappa shape index (κ2) is 8.55. The molecule has 152 valence electrons. The van der Waals surface area contributed by atoms with Crippen molar-refractivity contribution in [2.75, 3.05) is 13.7 Å². The highest BCUT2D eigenvalue weighted by atomic mass is 35.5. The highest BCUT2D eigenvalue weighted by Gasteiger charge is 2.17. The maximum atomic E-state index is 12.8. The third-order valence-corrected chi connectivity index (χ3v) is 5.20. The first kappa shape index (κ1) is 19.9. The number of hydrogen-bond acceptors (Lipinski definition) is 4. The number of pyridine rings is 1. The van der Waals surface area contributed by atoms with Gasteiger partial charge in [0.2, 0.25) is 0 Å². The van der Waals surface area contributed by atoms with Gasteiger partial charge in [-0.1, -0.05) is 41.9 Å². The van der Waals surface area contributed by atoms with E-state index in [0.29, 0.717) is 29.3 Å². The van der Waals surface area contributed by atoms with E-state index in [1.54, 1.807) is 24.1 Å². The highest BCUT2D eigenvalue weighted by Crippen LogP contribution is 2.34. The van der Waals surface area contributed by atoms with Crippen LogP contribution in [0.2, 0.25) is 5.02 Å². The molecule has 4 aromatic rings. The summed E-state index contributed by atoms with van der Waals surface area (Å²) in [5, 5.41) is 8.82. The largest absolute Gasteiger partial charge is 0.496 e. The number of fused-ring (bicyclic) bond motifs is 1. The number of nitrogens with zero attached hydrogens (tertiary/aromatic N) is 3. The Hall–Kier alpha value is -3.38. The lowest BCUT2D eigenvalue weighted by molar-refractivity contribution is 0.0949. The number of carbonyl (C=O) groups is 1. The minimum absolute atomic E-state index is 0.233. The smallest absolute Gasteiger partial charge is 0.270 e. The first-order chi connectivity index (χ1) is 14.6. The summed E-state index contributed by atoms with van der Waals surface area (Å²) in [5.74, 6) is 0.492. The summed E-state index contributed by atoms with van der Waals surface area (Å²) in [6, 6.07) is 17.1. The van der Waals surface area contributed by atoms with Gasteiger partial charge in [-0.15, -0.1) is 0 Å². The van der Waals surface area contributed by atoms with E-state index in [1.807, 2.05) is 55.6 Å². The molecule has 6 nitrogen and oxygen atoms in total. The summed E-state index contributed by atoms with van der Waals surface area (Å²) in [6.45, 7) is 0.496. The Balaban J connectivity index is 1.63. The fourth-order valence-corrected chi connectivity index (χ4v) is 3.51. The molecule has 0 spiro atoms. The van der Waals surface area contributed by atoms with Gasteiger partial charge in [0.05, 0.1) is 13.3 Å². The number of aryl methyl sites for hydroxylation is 1. The minimum Gasteiger partial charge on any atom is -0.496 e. The topological polar surface area (TPSA) is 69.0 Å². The lowest BCUT2D eigenvalue weighted by atomic mass is 10.0. The Kier molecular flexibility index (Phi) is 5.68. The molecule has 2 aromatic heterocycles. The number of ether oxygens (including phenoxy) is 1. The molecule has 0 saturated heterocycles. The standard InChI is InChI=1S/C23H21ClN4O2/c1-28-22-19(14-26-28)18(17-5-3-4-6-21(17)30-2)13-20(27-22)23(29)25-12-11-15-7-9-16(24)10-8-15/h3-10,13-14H,11-12H2,1-2H3,(H,25,29). The van der Waals surface area contributed by atoms with E-state index in [9.17, 15) is 4.79 Å². The van der Waals surface area contributed by atoms with E-state index in [-0.39, 0.29) is 5.91 Å². The molecule has 30 heavy (non-hydrogen) atoms. The SMILES string of the molecule is COc1ccccc1-c1cc(C(=O)NCCc2ccc(Cl)cc2)nc2c1cnn2C. The molecule has 0 aliphatic carbocycles. The zero-order valence-corrected chi connectivity index (χ0v) is 17.5. The predicted molar refractivity (Wildman–Crippen MR) is 118 cm³/mol. The number of rotatable bonds is 6. The fourth-order valence-electron chi connectivity index (χ4n) is 3.38. The molecule has 4 rings (SSSR count). The number of carbonyl (C=O) groups excluding carboxylic acids is 1. The maximum Gasteiger partial charge on any atom is 0.270 e. The van der Waals surface area contributed by atoms with Crippen molar-refractivity contribution in [1.29, 1.82) is 0 Å². The zero-order chi connectivity index (χ0) is 21.1. The summed E-state index contributed by atoms with van der Waals surface area (Å²) >= 11 is 5.92. The van der Waals surface area contributed by atoms with Crippen LogP contribution < -0.4 is 10.1 Å². The van der Waals surface area contributed by atoms with Crippen LogP contribution in [0.1, 0.15) is 16.1 Å². The Labute approximate surface area is 179 Å². The number of benzene rings is 2. The normalized spacial score (nSPS) is 10.9. The van der Waals surface area contributed by atoms with E-state index in [4.69, 9.17) is 16.3 Å². The fraction of sp³-hybridized carbons (Fsp3) is 0.174. The van der Waals surface area contributed by atoms with Crippen molar-refractivity contribution in [3.8, 4) is 16.9 Å². The molecule has 0 radical (unpaired) electrons. The summed E-state index contributed by atoms with van der Waals surface area (Å²) in [6.07, 6.45) is 2.46. The first-order valence-electron chi connectivity index (χ1n) is 9.55. The molecule has 1 amide bonds. The van der Waals surface area contributed by atoms with Crippen molar-refractivity contribution in [2.45, 2.75) is 6.42 Å². The zero-order valence-electron chi connectivity index (χ0n) is 16.7. The number of aromatic nitrogens is 3. The second-order valence-electron chi connectivity index (χ2n) is 6.89. The molecule has 0 saturated carbocycles. The van der Waals surface area contributed by atoms with Crippen LogP contribution in [0, 0.1) is 0 Å². The molecular weight excluding hydrogens is 400 g/mol. The Morgan fingerprint density at radius 1 is 1.13 bits per heavy atom. The number of hydrogen-bond donors (Lipinski definition) is 1.